The SMILES string of the molecule is CC(C)(C)CC(C)(C)C1(F)C=C(c2cccc(Cl)c2)C(O)=C(n2c3ccc(C(C)(C)C)cc3c3cc(C(C)(C)C)ccc32)C1. The maximum atomic E-state index is 17.9. The third-order valence-corrected chi connectivity index (χ3v) is 9.56. The van der Waals surface area contributed by atoms with E-state index in [9.17, 15) is 5.11 Å². The van der Waals surface area contributed by atoms with Crippen molar-refractivity contribution in [1.29, 1.82) is 0 Å². The first-order chi connectivity index (χ1) is 20.1. The van der Waals surface area contributed by atoms with Crippen molar-refractivity contribution in [2.45, 2.75) is 106 Å². The minimum atomic E-state index is -1.74. The molecule has 0 spiro atoms. The van der Waals surface area contributed by atoms with Crippen LogP contribution in [0.25, 0.3) is 33.1 Å². The van der Waals surface area contributed by atoms with E-state index in [0.29, 0.717) is 28.3 Å². The van der Waals surface area contributed by atoms with E-state index < -0.39 is 11.1 Å². The van der Waals surface area contributed by atoms with Crippen molar-refractivity contribution in [1.82, 2.24) is 4.57 Å². The van der Waals surface area contributed by atoms with Gasteiger partial charge in [-0.05, 0) is 81.8 Å². The molecule has 2 nitrogen and oxygen atoms in total. The molecule has 1 aliphatic carbocycles. The van der Waals surface area contributed by atoms with Crippen LogP contribution in [-0.4, -0.2) is 15.3 Å². The molecule has 1 unspecified atom stereocenters. The van der Waals surface area contributed by atoms with E-state index in [1.807, 2.05) is 26.0 Å². The van der Waals surface area contributed by atoms with E-state index in [1.54, 1.807) is 18.2 Å². The van der Waals surface area contributed by atoms with E-state index in [-0.39, 0.29) is 28.4 Å². The van der Waals surface area contributed by atoms with Crippen molar-refractivity contribution in [2.24, 2.45) is 10.8 Å². The molecule has 1 heterocycles. The van der Waals surface area contributed by atoms with Crippen LogP contribution in [0.1, 0.15) is 106 Å². The van der Waals surface area contributed by atoms with Crippen LogP contribution in [0, 0.1) is 10.8 Å². The van der Waals surface area contributed by atoms with Crippen molar-refractivity contribution in [3.05, 3.63) is 94.2 Å². The Labute approximate surface area is 268 Å². The lowest BCUT2D eigenvalue weighted by molar-refractivity contribution is 0.0296. The summed E-state index contributed by atoms with van der Waals surface area (Å²) in [6, 6.07) is 20.5. The Morgan fingerprint density at radius 2 is 1.30 bits per heavy atom. The van der Waals surface area contributed by atoms with Gasteiger partial charge in [-0.2, -0.15) is 0 Å². The molecule has 0 amide bonds. The summed E-state index contributed by atoms with van der Waals surface area (Å²) in [5.74, 6) is 0.0886. The second kappa shape index (κ2) is 10.5. The van der Waals surface area contributed by atoms with Gasteiger partial charge in [0, 0.05) is 33.2 Å². The minimum Gasteiger partial charge on any atom is -0.505 e. The Morgan fingerprint density at radius 1 is 0.773 bits per heavy atom. The van der Waals surface area contributed by atoms with Crippen LogP contribution in [0.2, 0.25) is 5.02 Å². The van der Waals surface area contributed by atoms with Gasteiger partial charge in [-0.15, -0.1) is 0 Å². The summed E-state index contributed by atoms with van der Waals surface area (Å²) < 4.78 is 20.0. The topological polar surface area (TPSA) is 25.2 Å². The molecule has 1 atom stereocenters. The molecule has 0 bridgehead atoms. The normalized spacial score (nSPS) is 18.8. The van der Waals surface area contributed by atoms with E-state index in [4.69, 9.17) is 11.6 Å². The van der Waals surface area contributed by atoms with Crippen molar-refractivity contribution >= 4 is 44.7 Å². The van der Waals surface area contributed by atoms with Gasteiger partial charge in [-0.1, -0.05) is 112 Å². The van der Waals surface area contributed by atoms with Gasteiger partial charge in [0.25, 0.3) is 0 Å². The highest BCUT2D eigenvalue weighted by atomic mass is 35.5. The van der Waals surface area contributed by atoms with E-state index in [1.165, 1.54) is 11.1 Å². The first-order valence-electron chi connectivity index (χ1n) is 15.8. The van der Waals surface area contributed by atoms with Gasteiger partial charge in [-0.3, -0.25) is 0 Å². The molecule has 1 aromatic heterocycles. The number of fused-ring (bicyclic) bond motifs is 3. The summed E-state index contributed by atoms with van der Waals surface area (Å²) >= 11 is 6.43. The van der Waals surface area contributed by atoms with Crippen LogP contribution in [0.3, 0.4) is 0 Å². The number of hydrogen-bond acceptors (Lipinski definition) is 1. The molecular formula is C40H49ClFNO. The third-order valence-electron chi connectivity index (χ3n) is 9.33. The predicted molar refractivity (Wildman–Crippen MR) is 188 cm³/mol. The fourth-order valence-corrected chi connectivity index (χ4v) is 7.24. The number of hydrogen-bond donors (Lipinski definition) is 1. The first-order valence-corrected chi connectivity index (χ1v) is 16.2. The summed E-state index contributed by atoms with van der Waals surface area (Å²) in [6.07, 6.45) is 2.38. The lowest BCUT2D eigenvalue weighted by Crippen LogP contribution is -2.43. The molecule has 0 saturated carbocycles. The summed E-state index contributed by atoms with van der Waals surface area (Å²) in [4.78, 5) is 0. The second-order valence-electron chi connectivity index (χ2n) is 16.8. The fourth-order valence-electron chi connectivity index (χ4n) is 7.05. The van der Waals surface area contributed by atoms with Crippen molar-refractivity contribution in [3.8, 4) is 0 Å². The lowest BCUT2D eigenvalue weighted by atomic mass is 9.64. The zero-order valence-corrected chi connectivity index (χ0v) is 29.2. The molecule has 0 saturated heterocycles. The molecule has 4 aromatic rings. The molecule has 3 aromatic carbocycles. The molecule has 44 heavy (non-hydrogen) atoms. The zero-order chi connectivity index (χ0) is 32.6. The van der Waals surface area contributed by atoms with Crippen LogP contribution in [-0.2, 0) is 10.8 Å². The first kappa shape index (κ1) is 32.4. The van der Waals surface area contributed by atoms with Crippen LogP contribution < -0.4 is 0 Å². The smallest absolute Gasteiger partial charge is 0.143 e. The molecule has 0 aliphatic heterocycles. The van der Waals surface area contributed by atoms with E-state index in [2.05, 4.69) is 103 Å². The average Bonchev–Trinajstić information content (AvgIpc) is 3.20. The highest BCUT2D eigenvalue weighted by Crippen LogP contribution is 2.53. The lowest BCUT2D eigenvalue weighted by Gasteiger charge is -2.45. The molecule has 4 heteroatoms. The van der Waals surface area contributed by atoms with Gasteiger partial charge in [0.05, 0.1) is 16.7 Å². The maximum absolute atomic E-state index is 17.9. The average molecular weight is 614 g/mol. The summed E-state index contributed by atoms with van der Waals surface area (Å²) in [5, 5.41) is 14.9. The number of nitrogens with zero attached hydrogens (tertiary/aromatic N) is 1. The van der Waals surface area contributed by atoms with E-state index >= 15 is 4.39 Å². The van der Waals surface area contributed by atoms with Gasteiger partial charge in [-0.25, -0.2) is 4.39 Å². The van der Waals surface area contributed by atoms with Gasteiger partial charge >= 0.3 is 0 Å². The molecule has 0 fully saturated rings. The number of aromatic nitrogens is 1. The summed E-state index contributed by atoms with van der Waals surface area (Å²) in [5.41, 5.74) is 3.52. The Kier molecular flexibility index (Phi) is 7.73. The number of halogens is 2. The molecule has 0 radical (unpaired) electrons. The number of aliphatic hydroxyl groups is 1. The van der Waals surface area contributed by atoms with Crippen LogP contribution >= 0.6 is 11.6 Å². The predicted octanol–water partition coefficient (Wildman–Crippen LogP) is 12.4. The monoisotopic (exact) mass is 613 g/mol. The highest BCUT2D eigenvalue weighted by molar-refractivity contribution is 6.30. The summed E-state index contributed by atoms with van der Waals surface area (Å²) in [7, 11) is 0. The quantitative estimate of drug-likeness (QED) is 0.243. The molecule has 1 aliphatic rings. The minimum absolute atomic E-state index is 0.0376. The van der Waals surface area contributed by atoms with Gasteiger partial charge in [0.1, 0.15) is 11.4 Å². The van der Waals surface area contributed by atoms with Crippen LogP contribution in [0.15, 0.2) is 72.5 Å². The van der Waals surface area contributed by atoms with E-state index in [0.717, 1.165) is 21.8 Å². The Bertz CT molecular complexity index is 1750. The standard InChI is InChI=1S/C40H49ClFNO/c1-36(2,3)24-39(10,11)40(42)22-31(25-13-12-14-28(41)19-25)35(44)34(23-40)43-32-17-15-26(37(4,5)6)20-29(32)30-21-27(38(7,8)9)16-18-33(30)43/h12-22,44H,23-24H2,1-11H3. The Hall–Kier alpha value is -3.04. The molecule has 5 rings (SSSR count). The number of allylic oxidation sites excluding steroid dienone is 3. The highest BCUT2D eigenvalue weighted by Gasteiger charge is 2.49. The zero-order valence-electron chi connectivity index (χ0n) is 28.4. The fraction of sp³-hybridized carbons (Fsp3) is 0.450. The van der Waals surface area contributed by atoms with Gasteiger partial charge in [0.2, 0.25) is 0 Å². The van der Waals surface area contributed by atoms with Crippen molar-refractivity contribution < 1.29 is 9.50 Å². The maximum Gasteiger partial charge on any atom is 0.143 e. The Morgan fingerprint density at radius 3 is 1.75 bits per heavy atom. The van der Waals surface area contributed by atoms with Crippen LogP contribution in [0.5, 0.6) is 0 Å². The summed E-state index contributed by atoms with van der Waals surface area (Å²) in [6.45, 7) is 23.8. The largest absolute Gasteiger partial charge is 0.505 e. The Balaban J connectivity index is 1.87. The second-order valence-corrected chi connectivity index (χ2v) is 17.3. The van der Waals surface area contributed by atoms with Crippen molar-refractivity contribution in [3.63, 3.8) is 0 Å². The van der Waals surface area contributed by atoms with Gasteiger partial charge in [0.15, 0.2) is 0 Å². The molecular weight excluding hydrogens is 565 g/mol. The number of alkyl halides is 1. The third kappa shape index (κ3) is 5.85. The van der Waals surface area contributed by atoms with Crippen molar-refractivity contribution in [2.75, 3.05) is 0 Å². The van der Waals surface area contributed by atoms with Gasteiger partial charge < -0.3 is 9.67 Å². The molecule has 234 valence electrons. The number of rotatable bonds is 4. The number of benzene rings is 3. The molecule has 1 N–H and O–H groups in total. The van der Waals surface area contributed by atoms with Crippen LogP contribution in [0.4, 0.5) is 4.39 Å². The number of aliphatic hydroxyl groups excluding tert-OH is 1.